The number of hydrogen-bond acceptors (Lipinski definition) is 7. The van der Waals surface area contributed by atoms with Crippen LogP contribution in [-0.4, -0.2) is 93.6 Å². The van der Waals surface area contributed by atoms with Crippen LogP contribution in [0.15, 0.2) is 24.3 Å². The highest BCUT2D eigenvalue weighted by Gasteiger charge is 2.36. The topological polar surface area (TPSA) is 83.5 Å². The molecule has 0 bridgehead atoms. The van der Waals surface area contributed by atoms with Gasteiger partial charge in [0.15, 0.2) is 24.1 Å². The van der Waals surface area contributed by atoms with Gasteiger partial charge in [0, 0.05) is 0 Å². The normalized spacial score (nSPS) is 21.7. The fourth-order valence-corrected chi connectivity index (χ4v) is 3.60. The molecule has 0 aromatic heterocycles. The van der Waals surface area contributed by atoms with Crippen LogP contribution in [0.1, 0.15) is 6.92 Å². The molecule has 0 saturated carbocycles. The highest BCUT2D eigenvalue weighted by Crippen LogP contribution is 2.30. The maximum atomic E-state index is 12.0. The summed E-state index contributed by atoms with van der Waals surface area (Å²) < 4.78 is 28.2. The van der Waals surface area contributed by atoms with Crippen LogP contribution >= 0.6 is 0 Å². The Kier molecular flexibility index (Phi) is 7.50. The largest absolute Gasteiger partial charge is 0.486 e. The number of rotatable bonds is 9. The number of hydrogen-bond donors (Lipinski definition) is 1. The summed E-state index contributed by atoms with van der Waals surface area (Å²) in [7, 11) is 0. The molecule has 1 aromatic rings. The number of quaternary nitrogens is 1. The fourth-order valence-electron chi connectivity index (χ4n) is 3.60. The Bertz CT molecular complexity index is 633. The van der Waals surface area contributed by atoms with Crippen molar-refractivity contribution < 1.29 is 38.1 Å². The minimum atomic E-state index is -0.690. The zero-order valence-electron chi connectivity index (χ0n) is 16.4. The molecule has 0 aliphatic carbocycles. The minimum absolute atomic E-state index is 0.172. The predicted molar refractivity (Wildman–Crippen MR) is 100 cm³/mol. The molecule has 156 valence electrons. The van der Waals surface area contributed by atoms with Crippen LogP contribution in [0.5, 0.6) is 11.5 Å². The second-order valence-electron chi connectivity index (χ2n) is 7.24. The quantitative estimate of drug-likeness (QED) is 0.484. The number of morpholine rings is 1. The number of carbonyl (C=O) groups excluding carboxylic acids is 1. The van der Waals surface area contributed by atoms with Crippen LogP contribution in [0.25, 0.3) is 0 Å². The van der Waals surface area contributed by atoms with Crippen molar-refractivity contribution in [3.63, 3.8) is 0 Å². The fraction of sp³-hybridized carbons (Fsp3) is 0.650. The highest BCUT2D eigenvalue weighted by atomic mass is 16.6. The lowest BCUT2D eigenvalue weighted by atomic mass is 10.2. The molecular formula is C20H30NO7+. The van der Waals surface area contributed by atoms with Crippen molar-refractivity contribution in [1.82, 2.24) is 0 Å². The molecule has 2 atom stereocenters. The average Bonchev–Trinajstić information content (AvgIpc) is 2.68. The van der Waals surface area contributed by atoms with E-state index in [0.29, 0.717) is 62.9 Å². The first-order valence-corrected chi connectivity index (χ1v) is 9.83. The number of para-hydroxylation sites is 2. The van der Waals surface area contributed by atoms with Crippen molar-refractivity contribution >= 4 is 5.97 Å². The zero-order chi connectivity index (χ0) is 19.8. The Labute approximate surface area is 165 Å². The van der Waals surface area contributed by atoms with Gasteiger partial charge < -0.3 is 33.3 Å². The van der Waals surface area contributed by atoms with Crippen molar-refractivity contribution in [1.29, 1.82) is 0 Å². The van der Waals surface area contributed by atoms with E-state index in [4.69, 9.17) is 23.7 Å². The summed E-state index contributed by atoms with van der Waals surface area (Å²) in [5, 5.41) is 10.5. The summed E-state index contributed by atoms with van der Waals surface area (Å²) >= 11 is 0. The lowest BCUT2D eigenvalue weighted by Gasteiger charge is -2.41. The van der Waals surface area contributed by atoms with Gasteiger partial charge in [-0.25, -0.2) is 4.79 Å². The van der Waals surface area contributed by atoms with Gasteiger partial charge in [0.2, 0.25) is 0 Å². The molecule has 2 aliphatic heterocycles. The number of benzene rings is 1. The summed E-state index contributed by atoms with van der Waals surface area (Å²) in [4.78, 5) is 12.0. The molecule has 8 heteroatoms. The highest BCUT2D eigenvalue weighted by molar-refractivity contribution is 5.70. The molecule has 1 aromatic carbocycles. The van der Waals surface area contributed by atoms with Crippen molar-refractivity contribution in [2.24, 2.45) is 0 Å². The number of ether oxygens (including phenoxy) is 5. The lowest BCUT2D eigenvalue weighted by molar-refractivity contribution is -0.931. The molecule has 1 saturated heterocycles. The number of carbonyl (C=O) groups is 1. The number of aliphatic hydroxyl groups excluding tert-OH is 1. The van der Waals surface area contributed by atoms with Gasteiger partial charge >= 0.3 is 5.97 Å². The third-order valence-corrected chi connectivity index (χ3v) is 4.97. The van der Waals surface area contributed by atoms with E-state index in [-0.39, 0.29) is 25.2 Å². The van der Waals surface area contributed by atoms with Crippen molar-refractivity contribution in [3.05, 3.63) is 24.3 Å². The molecular weight excluding hydrogens is 366 g/mol. The first-order chi connectivity index (χ1) is 13.6. The Hall–Kier alpha value is -1.87. The number of esters is 1. The molecule has 1 fully saturated rings. The molecule has 0 unspecified atom stereocenters. The third-order valence-electron chi connectivity index (χ3n) is 4.97. The SMILES string of the molecule is CCOC(=O)C[N+]1(C[C@H](O)COC[C@@H]2COc3ccccc3O2)CCOCC1. The first-order valence-electron chi connectivity index (χ1n) is 9.83. The van der Waals surface area contributed by atoms with E-state index in [2.05, 4.69) is 0 Å². The summed E-state index contributed by atoms with van der Waals surface area (Å²) in [6, 6.07) is 7.52. The van der Waals surface area contributed by atoms with E-state index in [1.807, 2.05) is 24.3 Å². The van der Waals surface area contributed by atoms with Crippen LogP contribution < -0.4 is 9.47 Å². The minimum Gasteiger partial charge on any atom is -0.486 e. The van der Waals surface area contributed by atoms with E-state index >= 15 is 0 Å². The first kappa shape index (κ1) is 20.9. The van der Waals surface area contributed by atoms with E-state index in [0.717, 1.165) is 5.75 Å². The van der Waals surface area contributed by atoms with Crippen LogP contribution in [0.3, 0.4) is 0 Å². The third kappa shape index (κ3) is 5.81. The molecule has 28 heavy (non-hydrogen) atoms. The van der Waals surface area contributed by atoms with Gasteiger partial charge in [-0.1, -0.05) is 12.1 Å². The van der Waals surface area contributed by atoms with E-state index < -0.39 is 6.10 Å². The van der Waals surface area contributed by atoms with E-state index in [9.17, 15) is 9.90 Å². The molecule has 2 aliphatic rings. The maximum absolute atomic E-state index is 12.0. The summed E-state index contributed by atoms with van der Waals surface area (Å²) in [6.45, 7) is 6.20. The van der Waals surface area contributed by atoms with Gasteiger partial charge in [-0.05, 0) is 19.1 Å². The van der Waals surface area contributed by atoms with E-state index in [1.165, 1.54) is 0 Å². The number of fused-ring (bicyclic) bond motifs is 1. The molecule has 0 spiro atoms. The Balaban J connectivity index is 1.44. The standard InChI is InChI=1S/C20H30NO7/c1-2-26-20(23)12-21(7-9-24-10-8-21)11-16(22)13-25-14-17-15-27-18-5-3-4-6-19(18)28-17/h3-6,16-17,22H,2,7-15H2,1H3/q+1/t16-,17+/m0/s1. The summed E-state index contributed by atoms with van der Waals surface area (Å²) in [6.07, 6.45) is -0.905. The van der Waals surface area contributed by atoms with Gasteiger partial charge in [-0.15, -0.1) is 0 Å². The van der Waals surface area contributed by atoms with Gasteiger partial charge in [0.25, 0.3) is 0 Å². The second kappa shape index (κ2) is 10.1. The summed E-state index contributed by atoms with van der Waals surface area (Å²) in [5.41, 5.74) is 0. The van der Waals surface area contributed by atoms with Crippen LogP contribution in [0.2, 0.25) is 0 Å². The maximum Gasteiger partial charge on any atom is 0.361 e. The zero-order valence-corrected chi connectivity index (χ0v) is 16.4. The smallest absolute Gasteiger partial charge is 0.361 e. The van der Waals surface area contributed by atoms with Gasteiger partial charge in [0.1, 0.15) is 32.3 Å². The monoisotopic (exact) mass is 396 g/mol. The van der Waals surface area contributed by atoms with Crippen LogP contribution in [0, 0.1) is 0 Å². The molecule has 8 nitrogen and oxygen atoms in total. The molecule has 1 N–H and O–H groups in total. The van der Waals surface area contributed by atoms with Crippen molar-refractivity contribution in [2.45, 2.75) is 19.1 Å². The number of nitrogens with zero attached hydrogens (tertiary/aromatic N) is 1. The Morgan fingerprint density at radius 3 is 2.79 bits per heavy atom. The summed E-state index contributed by atoms with van der Waals surface area (Å²) in [5.74, 6) is 1.19. The van der Waals surface area contributed by atoms with Gasteiger partial charge in [0.05, 0.1) is 33.0 Å². The van der Waals surface area contributed by atoms with Crippen molar-refractivity contribution in [2.75, 3.05) is 65.8 Å². The van der Waals surface area contributed by atoms with Crippen molar-refractivity contribution in [3.8, 4) is 11.5 Å². The van der Waals surface area contributed by atoms with E-state index in [1.54, 1.807) is 6.92 Å². The Morgan fingerprint density at radius 1 is 1.29 bits per heavy atom. The lowest BCUT2D eigenvalue weighted by Crippen LogP contribution is -2.60. The van der Waals surface area contributed by atoms with Crippen LogP contribution in [0.4, 0.5) is 0 Å². The predicted octanol–water partition coefficient (Wildman–Crippen LogP) is 0.614. The Morgan fingerprint density at radius 2 is 2.04 bits per heavy atom. The molecule has 3 rings (SSSR count). The number of aliphatic hydroxyl groups is 1. The van der Waals surface area contributed by atoms with Crippen LogP contribution in [-0.2, 0) is 19.0 Å². The molecule has 2 heterocycles. The second-order valence-corrected chi connectivity index (χ2v) is 7.24. The molecule has 0 radical (unpaired) electrons. The molecule has 0 amide bonds. The average molecular weight is 396 g/mol. The van der Waals surface area contributed by atoms with Gasteiger partial charge in [-0.2, -0.15) is 0 Å². The van der Waals surface area contributed by atoms with Gasteiger partial charge in [-0.3, -0.25) is 0 Å².